The Morgan fingerprint density at radius 1 is 1.15 bits per heavy atom. The van der Waals surface area contributed by atoms with Gasteiger partial charge in [0.1, 0.15) is 5.82 Å². The van der Waals surface area contributed by atoms with Gasteiger partial charge in [0.25, 0.3) is 5.91 Å². The number of carbonyl (C=O) groups excluding carboxylic acids is 1. The molecule has 1 amide bonds. The molecular weight excluding hydrogens is 511 g/mol. The number of benzene rings is 2. The third-order valence-corrected chi connectivity index (χ3v) is 7.46. The van der Waals surface area contributed by atoms with E-state index in [0.29, 0.717) is 36.1 Å². The topological polar surface area (TPSA) is 80.0 Å². The van der Waals surface area contributed by atoms with Crippen molar-refractivity contribution in [3.8, 4) is 0 Å². The van der Waals surface area contributed by atoms with Crippen LogP contribution in [0.4, 0.5) is 10.1 Å². The number of nitrogens with one attached hydrogen (secondary N) is 3. The van der Waals surface area contributed by atoms with E-state index in [9.17, 15) is 9.18 Å². The number of rotatable bonds is 7. The number of fused-ring (bicyclic) bond motifs is 1. The van der Waals surface area contributed by atoms with E-state index < -0.39 is 0 Å². The summed E-state index contributed by atoms with van der Waals surface area (Å²) in [5.41, 5.74) is 3.90. The van der Waals surface area contributed by atoms with E-state index in [2.05, 4.69) is 17.4 Å². The zero-order valence-corrected chi connectivity index (χ0v) is 25.0. The summed E-state index contributed by atoms with van der Waals surface area (Å²) >= 11 is 6.13. The third-order valence-electron chi connectivity index (χ3n) is 7.10. The van der Waals surface area contributed by atoms with E-state index in [4.69, 9.17) is 22.4 Å². The zero-order valence-electron chi connectivity index (χ0n) is 24.2. The summed E-state index contributed by atoms with van der Waals surface area (Å²) in [7, 11) is 0. The van der Waals surface area contributed by atoms with Gasteiger partial charge in [-0.1, -0.05) is 46.2 Å². The summed E-state index contributed by atoms with van der Waals surface area (Å²) in [6.45, 7) is 11.5. The molecule has 0 aromatic heterocycles. The summed E-state index contributed by atoms with van der Waals surface area (Å²) in [5, 5.41) is 16.3. The molecule has 0 saturated heterocycles. The molecule has 0 bridgehead atoms. The number of carbonyl (C=O) groups is 1. The molecule has 1 aliphatic heterocycles. The van der Waals surface area contributed by atoms with Crippen LogP contribution in [0.15, 0.2) is 36.4 Å². The average Bonchev–Trinajstić information content (AvgIpc) is 3.22. The van der Waals surface area contributed by atoms with E-state index in [1.54, 1.807) is 17.9 Å². The molecule has 2 aromatic rings. The number of amides is 1. The highest BCUT2D eigenvalue weighted by Crippen LogP contribution is 2.41. The summed E-state index contributed by atoms with van der Waals surface area (Å²) in [4.78, 5) is 14.8. The van der Waals surface area contributed by atoms with Crippen molar-refractivity contribution in [1.82, 2.24) is 5.32 Å². The molecule has 2 aliphatic carbocycles. The molecule has 0 spiro atoms. The number of alkyl halides is 1. The number of nitrogens with zero attached hydrogens (tertiary/aromatic N) is 1. The van der Waals surface area contributed by atoms with Crippen molar-refractivity contribution in [2.75, 3.05) is 11.4 Å². The highest BCUT2D eigenvalue weighted by Gasteiger charge is 2.33. The molecule has 0 radical (unpaired) electrons. The molecule has 2 fully saturated rings. The Bertz CT molecular complexity index is 1080. The average molecular weight is 557 g/mol. The largest absolute Gasteiger partial charge is 0.313 e. The maximum absolute atomic E-state index is 14.8. The van der Waals surface area contributed by atoms with E-state index in [-0.39, 0.29) is 17.1 Å². The zero-order chi connectivity index (χ0) is 28.9. The van der Waals surface area contributed by atoms with Crippen LogP contribution in [0.3, 0.4) is 0 Å². The lowest BCUT2D eigenvalue weighted by molar-refractivity contribution is 0.0996. The van der Waals surface area contributed by atoms with Crippen LogP contribution in [-0.4, -0.2) is 30.3 Å². The van der Waals surface area contributed by atoms with Gasteiger partial charge in [0.15, 0.2) is 0 Å². The second-order valence-corrected chi connectivity index (χ2v) is 11.1. The van der Waals surface area contributed by atoms with Crippen molar-refractivity contribution in [2.24, 2.45) is 11.8 Å². The van der Waals surface area contributed by atoms with Crippen molar-refractivity contribution >= 4 is 35.6 Å². The van der Waals surface area contributed by atoms with Crippen LogP contribution in [0.25, 0.3) is 0 Å². The predicted molar refractivity (Wildman–Crippen MR) is 163 cm³/mol. The fourth-order valence-electron chi connectivity index (χ4n) is 4.61. The lowest BCUT2D eigenvalue weighted by atomic mass is 9.79. The highest BCUT2D eigenvalue weighted by atomic mass is 35.5. The molecule has 5 nitrogen and oxygen atoms in total. The Kier molecular flexibility index (Phi) is 13.8. The van der Waals surface area contributed by atoms with Gasteiger partial charge in [-0.15, -0.1) is 11.6 Å². The summed E-state index contributed by atoms with van der Waals surface area (Å²) in [6.07, 6.45) is 8.50. The van der Waals surface area contributed by atoms with Gasteiger partial charge in [-0.2, -0.15) is 0 Å². The van der Waals surface area contributed by atoms with Gasteiger partial charge in [-0.3, -0.25) is 4.79 Å². The first-order valence-corrected chi connectivity index (χ1v) is 14.7. The van der Waals surface area contributed by atoms with Gasteiger partial charge in [0.05, 0.1) is 6.54 Å². The van der Waals surface area contributed by atoms with Crippen LogP contribution in [-0.2, 0) is 13.1 Å². The standard InChI is InChI=1S/C24H26ClFN2O.C4H9N.C2H5N.C2H6/c25-19-9-18(10-19)17-5-2-6-20(11-17)28-14-22-21(24(28)29)7-16(8-23(22)26)13-27-12-15-3-1-4-15;1-4(2)3-5;1-2-3;1-2/h2,5-8,11,15,18-19,27H,1,3-4,9-10,12-14H2;3-5H,1-2H3;2-3H,1H3;1-2H3. The second kappa shape index (κ2) is 16.5. The maximum Gasteiger partial charge on any atom is 0.259 e. The second-order valence-electron chi connectivity index (χ2n) is 10.5. The van der Waals surface area contributed by atoms with Crippen molar-refractivity contribution in [3.05, 3.63) is 64.5 Å². The molecule has 1 heterocycles. The van der Waals surface area contributed by atoms with Crippen LogP contribution >= 0.6 is 11.6 Å². The van der Waals surface area contributed by atoms with E-state index in [0.717, 1.165) is 36.6 Å². The van der Waals surface area contributed by atoms with Gasteiger partial charge >= 0.3 is 0 Å². The van der Waals surface area contributed by atoms with Crippen LogP contribution in [0, 0.1) is 28.5 Å². The van der Waals surface area contributed by atoms with Crippen molar-refractivity contribution in [1.29, 1.82) is 10.8 Å². The molecule has 39 heavy (non-hydrogen) atoms. The minimum Gasteiger partial charge on any atom is -0.313 e. The van der Waals surface area contributed by atoms with Crippen LogP contribution < -0.4 is 10.2 Å². The SMILES string of the molecule is CC.CC(C)C=N.CC=N.O=C1c2cc(CNCC3CCC3)cc(F)c2CN1c1cccc(C2CC(Cl)C2)c1. The Hall–Kier alpha value is -2.57. The molecule has 0 unspecified atom stereocenters. The van der Waals surface area contributed by atoms with E-state index >= 15 is 0 Å². The van der Waals surface area contributed by atoms with Gasteiger partial charge < -0.3 is 21.0 Å². The lowest BCUT2D eigenvalue weighted by Crippen LogP contribution is -2.27. The van der Waals surface area contributed by atoms with E-state index in [1.807, 2.05) is 45.9 Å². The minimum atomic E-state index is -0.279. The predicted octanol–water partition coefficient (Wildman–Crippen LogP) is 8.33. The number of hydrogen-bond acceptors (Lipinski definition) is 4. The van der Waals surface area contributed by atoms with Gasteiger partial charge in [0.2, 0.25) is 0 Å². The number of hydrogen-bond donors (Lipinski definition) is 3. The molecular formula is C32H46ClFN4O. The Morgan fingerprint density at radius 2 is 1.79 bits per heavy atom. The first kappa shape index (κ1) is 32.6. The first-order valence-electron chi connectivity index (χ1n) is 14.3. The smallest absolute Gasteiger partial charge is 0.259 e. The molecule has 214 valence electrons. The summed E-state index contributed by atoms with van der Waals surface area (Å²) in [5.74, 6) is 1.25. The maximum atomic E-state index is 14.8. The van der Waals surface area contributed by atoms with Crippen molar-refractivity contribution in [3.63, 3.8) is 0 Å². The third kappa shape index (κ3) is 9.25. The van der Waals surface area contributed by atoms with Crippen molar-refractivity contribution in [2.45, 2.75) is 91.1 Å². The van der Waals surface area contributed by atoms with Gasteiger partial charge in [-0.05, 0) is 105 Å². The Labute approximate surface area is 239 Å². The minimum absolute atomic E-state index is 0.110. The first-order chi connectivity index (χ1) is 18.8. The van der Waals surface area contributed by atoms with Crippen LogP contribution in [0.1, 0.15) is 99.7 Å². The fourth-order valence-corrected chi connectivity index (χ4v) is 5.05. The molecule has 5 rings (SSSR count). The molecule has 2 saturated carbocycles. The van der Waals surface area contributed by atoms with E-state index in [1.165, 1.54) is 37.3 Å². The van der Waals surface area contributed by atoms with Crippen LogP contribution in [0.5, 0.6) is 0 Å². The fraction of sp³-hybridized carbons (Fsp3) is 0.531. The Morgan fingerprint density at radius 3 is 2.33 bits per heavy atom. The number of anilines is 1. The molecule has 3 aliphatic rings. The quantitative estimate of drug-likeness (QED) is 0.237. The lowest BCUT2D eigenvalue weighted by Gasteiger charge is -2.32. The normalized spacial score (nSPS) is 19.2. The summed E-state index contributed by atoms with van der Waals surface area (Å²) in [6, 6.07) is 11.5. The molecule has 0 atom stereocenters. The highest BCUT2D eigenvalue weighted by molar-refractivity contribution is 6.21. The molecule has 7 heteroatoms. The molecule has 3 N–H and O–H groups in total. The molecule has 2 aromatic carbocycles. The summed E-state index contributed by atoms with van der Waals surface area (Å²) < 4.78 is 14.8. The monoisotopic (exact) mass is 556 g/mol. The van der Waals surface area contributed by atoms with Crippen molar-refractivity contribution < 1.29 is 9.18 Å². The van der Waals surface area contributed by atoms with Gasteiger partial charge in [-0.25, -0.2) is 4.39 Å². The van der Waals surface area contributed by atoms with Gasteiger partial charge in [0, 0.05) is 28.7 Å². The van der Waals surface area contributed by atoms with Crippen LogP contribution in [0.2, 0.25) is 0 Å². The number of halogens is 2. The Balaban J connectivity index is 0.000000467.